The lowest BCUT2D eigenvalue weighted by atomic mass is 9.99. The number of terminal acetylenes is 1. The van der Waals surface area contributed by atoms with Crippen LogP contribution >= 0.6 is 0 Å². The van der Waals surface area contributed by atoms with E-state index in [1.54, 1.807) is 12.1 Å². The summed E-state index contributed by atoms with van der Waals surface area (Å²) in [5, 5.41) is 61.2. The second-order valence-corrected chi connectivity index (χ2v) is 12.2. The minimum absolute atomic E-state index is 0.00817. The van der Waals surface area contributed by atoms with Crippen LogP contribution in [-0.2, 0) is 19.0 Å². The fraction of sp³-hybridized carbons (Fsp3) is 0.432. The molecule has 1 fully saturated rings. The Kier molecular flexibility index (Phi) is 16.4. The maximum Gasteiger partial charge on any atom is 0.269 e. The molecule has 5 atom stereocenters. The van der Waals surface area contributed by atoms with Gasteiger partial charge in [-0.2, -0.15) is 10.2 Å². The third-order valence-electron chi connectivity index (χ3n) is 8.34. The summed E-state index contributed by atoms with van der Waals surface area (Å²) in [4.78, 5) is 24.8. The van der Waals surface area contributed by atoms with E-state index < -0.39 is 35.6 Å². The van der Waals surface area contributed by atoms with Crippen LogP contribution < -0.4 is 19.7 Å². The zero-order valence-electron chi connectivity index (χ0n) is 30.7. The van der Waals surface area contributed by atoms with Crippen molar-refractivity contribution >= 4 is 40.0 Å². The number of non-ortho nitro benzene ring substituents is 1. The van der Waals surface area contributed by atoms with Gasteiger partial charge >= 0.3 is 0 Å². The molecular formula is C37H45N7O11. The van der Waals surface area contributed by atoms with Crippen molar-refractivity contribution in [2.75, 3.05) is 59.1 Å². The summed E-state index contributed by atoms with van der Waals surface area (Å²) >= 11 is 0. The molecule has 0 saturated carbocycles. The molecule has 294 valence electrons. The van der Waals surface area contributed by atoms with E-state index in [0.717, 1.165) is 5.69 Å². The number of benzene rings is 3. The number of hydrogen-bond acceptors (Lipinski definition) is 16. The topological polar surface area (TPSA) is 232 Å². The smallest absolute Gasteiger partial charge is 0.269 e. The Labute approximate surface area is 317 Å². The molecule has 1 aliphatic rings. The van der Waals surface area contributed by atoms with Gasteiger partial charge in [-0.1, -0.05) is 5.92 Å². The van der Waals surface area contributed by atoms with Gasteiger partial charge in [-0.25, -0.2) is 0 Å². The maximum absolute atomic E-state index is 12.4. The molecule has 4 rings (SSSR count). The van der Waals surface area contributed by atoms with Gasteiger partial charge < -0.3 is 49.2 Å². The van der Waals surface area contributed by atoms with Gasteiger partial charge in [0.2, 0.25) is 5.91 Å². The SMILES string of the molecule is C#CCOC[C@H]1O[C@@H](OCCCNC(=O)CCCN(C)c2ccc(N=Nc3cc(OC)c(N=Nc4ccc([N+](=O)[O-])cc4)cc3OC)cc2)[C@H](O)[C@@H](O)[C@@H]1O. The summed E-state index contributed by atoms with van der Waals surface area (Å²) in [5.41, 5.74) is 2.65. The highest BCUT2D eigenvalue weighted by atomic mass is 16.7. The van der Waals surface area contributed by atoms with Gasteiger partial charge in [0, 0.05) is 56.5 Å². The molecule has 3 aromatic carbocycles. The van der Waals surface area contributed by atoms with E-state index in [2.05, 4.69) is 31.7 Å². The fourth-order valence-electron chi connectivity index (χ4n) is 5.28. The molecule has 1 heterocycles. The number of aliphatic hydroxyl groups is 3. The second kappa shape index (κ2) is 21.4. The van der Waals surface area contributed by atoms with Crippen LogP contribution in [0.5, 0.6) is 11.5 Å². The highest BCUT2D eigenvalue weighted by Crippen LogP contribution is 2.41. The first-order valence-electron chi connectivity index (χ1n) is 17.3. The number of carbonyl (C=O) groups is 1. The third-order valence-corrected chi connectivity index (χ3v) is 8.34. The summed E-state index contributed by atoms with van der Waals surface area (Å²) < 4.78 is 27.2. The number of ether oxygens (including phenoxy) is 5. The number of azo groups is 2. The molecule has 0 aliphatic carbocycles. The summed E-state index contributed by atoms with van der Waals surface area (Å²) in [6.45, 7) is 1.03. The Bertz CT molecular complexity index is 1800. The second-order valence-electron chi connectivity index (χ2n) is 12.2. The minimum atomic E-state index is -1.48. The molecule has 3 aromatic rings. The first kappa shape index (κ1) is 42.2. The Balaban J connectivity index is 1.19. The van der Waals surface area contributed by atoms with Gasteiger partial charge in [-0.3, -0.25) is 14.9 Å². The zero-order chi connectivity index (χ0) is 39.7. The van der Waals surface area contributed by atoms with Crippen LogP contribution in [0.15, 0.2) is 81.1 Å². The Morgan fingerprint density at radius 2 is 1.53 bits per heavy atom. The standard InChI is InChI=1S/C37H45N7O11/c1-5-19-53-23-32-34(46)35(47)36(48)37(55-32)54-20-7-17-38-33(45)8-6-18-43(2)26-13-9-24(10-14-26)39-41-28-21-31(52-4)29(22-30(28)51-3)42-40-25-11-15-27(16-12-25)44(49)50/h1,9-16,21-22,32,34-37,46-48H,6-8,17-20,23H2,2-4H3,(H,38,45)/t32-,34-,35+,36-,37-/m1/s1. The van der Waals surface area contributed by atoms with E-state index in [9.17, 15) is 30.2 Å². The average Bonchev–Trinajstić information content (AvgIpc) is 3.19. The molecule has 4 N–H and O–H groups in total. The maximum atomic E-state index is 12.4. The van der Waals surface area contributed by atoms with Crippen molar-refractivity contribution in [3.8, 4) is 23.8 Å². The summed E-state index contributed by atoms with van der Waals surface area (Å²) in [6, 6.07) is 16.3. The van der Waals surface area contributed by atoms with Crippen LogP contribution in [0.3, 0.4) is 0 Å². The number of rotatable bonds is 20. The molecule has 18 heteroatoms. The molecule has 0 aromatic heterocycles. The molecule has 1 aliphatic heterocycles. The normalized spacial score (nSPS) is 19.6. The molecule has 0 radical (unpaired) electrons. The monoisotopic (exact) mass is 763 g/mol. The predicted octanol–water partition coefficient (Wildman–Crippen LogP) is 4.64. The lowest BCUT2D eigenvalue weighted by molar-refractivity contribution is -0.384. The molecule has 0 bridgehead atoms. The molecule has 1 amide bonds. The van der Waals surface area contributed by atoms with Crippen molar-refractivity contribution in [3.63, 3.8) is 0 Å². The molecule has 55 heavy (non-hydrogen) atoms. The van der Waals surface area contributed by atoms with E-state index in [-0.39, 0.29) is 31.4 Å². The largest absolute Gasteiger partial charge is 0.494 e. The van der Waals surface area contributed by atoms with Crippen LogP contribution in [0.4, 0.5) is 34.1 Å². The number of amides is 1. The first-order valence-corrected chi connectivity index (χ1v) is 17.3. The highest BCUT2D eigenvalue weighted by molar-refractivity contribution is 5.75. The van der Waals surface area contributed by atoms with Crippen LogP contribution in [0.25, 0.3) is 0 Å². The summed E-state index contributed by atoms with van der Waals surface area (Å²) in [7, 11) is 4.89. The van der Waals surface area contributed by atoms with Crippen LogP contribution in [0.2, 0.25) is 0 Å². The minimum Gasteiger partial charge on any atom is -0.494 e. The van der Waals surface area contributed by atoms with Crippen molar-refractivity contribution in [3.05, 3.63) is 70.8 Å². The number of nitro groups is 1. The molecular weight excluding hydrogens is 718 g/mol. The lowest BCUT2D eigenvalue weighted by Gasteiger charge is -2.40. The Morgan fingerprint density at radius 1 is 0.927 bits per heavy atom. The highest BCUT2D eigenvalue weighted by Gasteiger charge is 2.44. The zero-order valence-corrected chi connectivity index (χ0v) is 30.7. The van der Waals surface area contributed by atoms with Gasteiger partial charge in [-0.05, 0) is 49.2 Å². The van der Waals surface area contributed by atoms with E-state index in [4.69, 9.17) is 30.1 Å². The van der Waals surface area contributed by atoms with Crippen molar-refractivity contribution in [2.45, 2.75) is 50.0 Å². The predicted molar refractivity (Wildman–Crippen MR) is 200 cm³/mol. The van der Waals surface area contributed by atoms with E-state index in [1.807, 2.05) is 36.2 Å². The van der Waals surface area contributed by atoms with Crippen molar-refractivity contribution < 1.29 is 48.7 Å². The third kappa shape index (κ3) is 12.5. The number of nitro benzene ring substituents is 1. The summed E-state index contributed by atoms with van der Waals surface area (Å²) in [6.07, 6.45) is 0.125. The van der Waals surface area contributed by atoms with Crippen molar-refractivity contribution in [1.82, 2.24) is 5.32 Å². The fourth-order valence-corrected chi connectivity index (χ4v) is 5.28. The molecule has 18 nitrogen and oxygen atoms in total. The van der Waals surface area contributed by atoms with Crippen LogP contribution in [-0.4, -0.2) is 111 Å². The van der Waals surface area contributed by atoms with E-state index in [1.165, 1.54) is 38.5 Å². The lowest BCUT2D eigenvalue weighted by Crippen LogP contribution is -2.59. The van der Waals surface area contributed by atoms with Gasteiger partial charge in [0.05, 0.1) is 43.7 Å². The van der Waals surface area contributed by atoms with Gasteiger partial charge in [-0.15, -0.1) is 16.7 Å². The number of hydrogen-bond donors (Lipinski definition) is 4. The first-order chi connectivity index (χ1) is 26.5. The van der Waals surface area contributed by atoms with E-state index >= 15 is 0 Å². The van der Waals surface area contributed by atoms with Crippen molar-refractivity contribution in [2.24, 2.45) is 20.5 Å². The van der Waals surface area contributed by atoms with Gasteiger partial charge in [0.15, 0.2) is 6.29 Å². The quantitative estimate of drug-likeness (QED) is 0.0405. The van der Waals surface area contributed by atoms with Gasteiger partial charge in [0.25, 0.3) is 5.69 Å². The van der Waals surface area contributed by atoms with Gasteiger partial charge in [0.1, 0.15) is 53.9 Å². The molecule has 0 spiro atoms. The number of nitrogens with zero attached hydrogens (tertiary/aromatic N) is 6. The Hall–Kier alpha value is -5.55. The number of anilines is 1. The average molecular weight is 764 g/mol. The number of carbonyl (C=O) groups excluding carboxylic acids is 1. The summed E-state index contributed by atoms with van der Waals surface area (Å²) in [5.74, 6) is 2.93. The van der Waals surface area contributed by atoms with Crippen LogP contribution in [0.1, 0.15) is 19.3 Å². The Morgan fingerprint density at radius 3 is 2.09 bits per heavy atom. The molecule has 0 unspecified atom stereocenters. The molecule has 1 saturated heterocycles. The number of methoxy groups -OCH3 is 2. The van der Waals surface area contributed by atoms with E-state index in [0.29, 0.717) is 66.6 Å². The van der Waals surface area contributed by atoms with Crippen molar-refractivity contribution in [1.29, 1.82) is 0 Å². The van der Waals surface area contributed by atoms with Crippen LogP contribution in [0, 0.1) is 22.5 Å². The number of nitrogens with one attached hydrogen (secondary N) is 1. The number of aliphatic hydroxyl groups excluding tert-OH is 3.